The van der Waals surface area contributed by atoms with Crippen LogP contribution in [0.2, 0.25) is 0 Å². The van der Waals surface area contributed by atoms with Gasteiger partial charge in [0.25, 0.3) is 0 Å². The van der Waals surface area contributed by atoms with Crippen LogP contribution >= 0.6 is 0 Å². The summed E-state index contributed by atoms with van der Waals surface area (Å²) in [6, 6.07) is 0. The minimum Gasteiger partial charge on any atom is -0.466 e. The first kappa shape index (κ1) is 22.5. The predicted molar refractivity (Wildman–Crippen MR) is 114 cm³/mol. The lowest BCUT2D eigenvalue weighted by Crippen LogP contribution is -2.61. The monoisotopic (exact) mass is 404 g/mol. The maximum absolute atomic E-state index is 12.1. The van der Waals surface area contributed by atoms with Gasteiger partial charge in [0.15, 0.2) is 5.78 Å². The molecule has 3 saturated carbocycles. The minimum atomic E-state index is -0.747. The number of esters is 1. The number of ketones is 1. The Morgan fingerprint density at radius 2 is 1.86 bits per heavy atom. The Kier molecular flexibility index (Phi) is 6.08. The Bertz CT molecular complexity index is 693. The lowest BCUT2D eigenvalue weighted by Gasteiger charge is -2.61. The van der Waals surface area contributed by atoms with Crippen LogP contribution in [0, 0.1) is 34.5 Å². The molecule has 3 fully saturated rings. The lowest BCUT2D eigenvalue weighted by molar-refractivity contribution is -0.186. The third kappa shape index (κ3) is 3.60. The molecule has 0 saturated heterocycles. The summed E-state index contributed by atoms with van der Waals surface area (Å²) in [7, 11) is 0. The molecule has 0 heterocycles. The summed E-state index contributed by atoms with van der Waals surface area (Å²) < 4.78 is 5.33. The van der Waals surface area contributed by atoms with Gasteiger partial charge in [0.05, 0.1) is 12.2 Å². The molecule has 29 heavy (non-hydrogen) atoms. The number of rotatable bonds is 5. The van der Waals surface area contributed by atoms with Crippen molar-refractivity contribution >= 4 is 11.8 Å². The highest BCUT2D eigenvalue weighted by Gasteiger charge is 2.64. The first-order chi connectivity index (χ1) is 13.5. The van der Waals surface area contributed by atoms with Crippen LogP contribution < -0.4 is 0 Å². The Labute approximate surface area is 176 Å². The molecule has 0 aliphatic heterocycles. The van der Waals surface area contributed by atoms with Crippen molar-refractivity contribution in [2.45, 2.75) is 92.1 Å². The molecule has 0 aromatic heterocycles. The van der Waals surface area contributed by atoms with Crippen molar-refractivity contribution in [3.63, 3.8) is 0 Å². The number of aliphatic hydroxyl groups is 1. The molecule has 2 unspecified atom stereocenters. The fourth-order valence-corrected chi connectivity index (χ4v) is 7.27. The van der Waals surface area contributed by atoms with Gasteiger partial charge in [-0.25, -0.2) is 0 Å². The van der Waals surface area contributed by atoms with E-state index in [1.165, 1.54) is 6.92 Å². The highest BCUT2D eigenvalue weighted by atomic mass is 16.5. The summed E-state index contributed by atoms with van der Waals surface area (Å²) in [5.74, 6) is 1.60. The molecule has 0 spiro atoms. The van der Waals surface area contributed by atoms with Crippen LogP contribution in [0.25, 0.3) is 0 Å². The smallest absolute Gasteiger partial charge is 0.302 e. The van der Waals surface area contributed by atoms with E-state index in [0.29, 0.717) is 30.8 Å². The van der Waals surface area contributed by atoms with E-state index in [4.69, 9.17) is 4.74 Å². The molecule has 4 heteroatoms. The van der Waals surface area contributed by atoms with Gasteiger partial charge in [-0.2, -0.15) is 0 Å². The average Bonchev–Trinajstić information content (AvgIpc) is 3.00. The molecule has 3 aliphatic carbocycles. The summed E-state index contributed by atoms with van der Waals surface area (Å²) in [5.41, 5.74) is 0.198. The van der Waals surface area contributed by atoms with Crippen LogP contribution in [-0.4, -0.2) is 29.1 Å². The van der Waals surface area contributed by atoms with Crippen molar-refractivity contribution in [1.29, 1.82) is 0 Å². The fraction of sp³-hybridized carbons (Fsp3) is 0.840. The van der Waals surface area contributed by atoms with Crippen molar-refractivity contribution in [3.05, 3.63) is 11.6 Å². The fourth-order valence-electron chi connectivity index (χ4n) is 7.27. The standard InChI is InChI=1S/C25H40O4/c1-7-19(27)14-18-8-9-22-21-11-10-20(16(2)15-29-17(3)26)24(21,6)12-13-25(22,28)23(18,4)5/h14,16,20-22,28H,7-13,15H2,1-6H3/b18-14-/t16-,20-,21?,22?,24-,25-/m1/s1. The predicted octanol–water partition coefficient (Wildman–Crippen LogP) is 5.08. The van der Waals surface area contributed by atoms with Crippen LogP contribution in [-0.2, 0) is 14.3 Å². The van der Waals surface area contributed by atoms with Crippen LogP contribution in [0.3, 0.4) is 0 Å². The molecule has 0 amide bonds. The first-order valence-corrected chi connectivity index (χ1v) is 11.6. The van der Waals surface area contributed by atoms with E-state index in [2.05, 4.69) is 27.7 Å². The van der Waals surface area contributed by atoms with Gasteiger partial charge in [0, 0.05) is 18.8 Å². The van der Waals surface area contributed by atoms with E-state index in [0.717, 1.165) is 44.1 Å². The molecule has 164 valence electrons. The molecule has 0 radical (unpaired) electrons. The second-order valence-electron chi connectivity index (χ2n) is 10.8. The highest BCUT2D eigenvalue weighted by Crippen LogP contribution is 2.67. The van der Waals surface area contributed by atoms with E-state index in [-0.39, 0.29) is 28.5 Å². The highest BCUT2D eigenvalue weighted by molar-refractivity contribution is 5.90. The zero-order chi connectivity index (χ0) is 21.6. The van der Waals surface area contributed by atoms with Gasteiger partial charge < -0.3 is 9.84 Å². The van der Waals surface area contributed by atoms with Crippen LogP contribution in [0.5, 0.6) is 0 Å². The molecule has 0 bridgehead atoms. The largest absolute Gasteiger partial charge is 0.466 e. The van der Waals surface area contributed by atoms with E-state index < -0.39 is 5.60 Å². The Balaban J connectivity index is 1.85. The molecule has 1 N–H and O–H groups in total. The average molecular weight is 405 g/mol. The Morgan fingerprint density at radius 3 is 2.48 bits per heavy atom. The lowest BCUT2D eigenvalue weighted by atomic mass is 9.46. The minimum absolute atomic E-state index is 0.163. The molecule has 4 nitrogen and oxygen atoms in total. The maximum atomic E-state index is 12.1. The Morgan fingerprint density at radius 1 is 1.17 bits per heavy atom. The first-order valence-electron chi connectivity index (χ1n) is 11.6. The number of fused-ring (bicyclic) bond motifs is 3. The number of ether oxygens (including phenoxy) is 1. The van der Waals surface area contributed by atoms with Gasteiger partial charge >= 0.3 is 5.97 Å². The topological polar surface area (TPSA) is 63.6 Å². The van der Waals surface area contributed by atoms with Gasteiger partial charge in [0.1, 0.15) is 0 Å². The van der Waals surface area contributed by atoms with Crippen molar-refractivity contribution in [2.24, 2.45) is 34.5 Å². The number of carbonyl (C=O) groups is 2. The van der Waals surface area contributed by atoms with Crippen molar-refractivity contribution in [2.75, 3.05) is 6.61 Å². The maximum Gasteiger partial charge on any atom is 0.302 e. The second kappa shape index (κ2) is 7.83. The molecule has 6 atom stereocenters. The number of allylic oxidation sites excluding steroid dienone is 1. The van der Waals surface area contributed by atoms with E-state index in [9.17, 15) is 14.7 Å². The van der Waals surface area contributed by atoms with E-state index in [1.807, 2.05) is 13.0 Å². The van der Waals surface area contributed by atoms with Crippen molar-refractivity contribution in [1.82, 2.24) is 0 Å². The summed E-state index contributed by atoms with van der Waals surface area (Å²) in [6.07, 6.45) is 8.28. The van der Waals surface area contributed by atoms with Gasteiger partial charge in [-0.1, -0.05) is 40.2 Å². The van der Waals surface area contributed by atoms with E-state index in [1.54, 1.807) is 0 Å². The number of hydrogen-bond acceptors (Lipinski definition) is 4. The summed E-state index contributed by atoms with van der Waals surface area (Å²) in [5, 5.41) is 12.0. The van der Waals surface area contributed by atoms with Crippen molar-refractivity contribution in [3.8, 4) is 0 Å². The summed E-state index contributed by atoms with van der Waals surface area (Å²) in [4.78, 5) is 23.4. The number of carbonyl (C=O) groups excluding carboxylic acids is 2. The Hall–Kier alpha value is -1.16. The SMILES string of the molecule is CCC(=O)/C=C1/CCC2C3CC[C@H]([C@H](C)COC(C)=O)[C@@]3(C)CC[C@]2(O)C1(C)C. The summed E-state index contributed by atoms with van der Waals surface area (Å²) >= 11 is 0. The van der Waals surface area contributed by atoms with Crippen LogP contribution in [0.1, 0.15) is 86.5 Å². The van der Waals surface area contributed by atoms with Gasteiger partial charge in [-0.05, 0) is 73.7 Å². The van der Waals surface area contributed by atoms with Crippen LogP contribution in [0.4, 0.5) is 0 Å². The molecule has 3 aliphatic rings. The number of hydrogen-bond donors (Lipinski definition) is 1. The molecule has 0 aromatic rings. The van der Waals surface area contributed by atoms with Gasteiger partial charge in [0.2, 0.25) is 0 Å². The summed E-state index contributed by atoms with van der Waals surface area (Å²) in [6.45, 7) is 12.8. The van der Waals surface area contributed by atoms with Gasteiger partial charge in [-0.15, -0.1) is 0 Å². The molecule has 3 rings (SSSR count). The van der Waals surface area contributed by atoms with Crippen molar-refractivity contribution < 1.29 is 19.4 Å². The normalized spacial score (nSPS) is 40.8. The van der Waals surface area contributed by atoms with E-state index >= 15 is 0 Å². The van der Waals surface area contributed by atoms with Gasteiger partial charge in [-0.3, -0.25) is 9.59 Å². The molecular weight excluding hydrogens is 364 g/mol. The zero-order valence-corrected chi connectivity index (χ0v) is 19.2. The van der Waals surface area contributed by atoms with Crippen LogP contribution in [0.15, 0.2) is 11.6 Å². The third-order valence-electron chi connectivity index (χ3n) is 9.16. The zero-order valence-electron chi connectivity index (χ0n) is 19.2. The molecule has 0 aromatic carbocycles. The molecular formula is C25H40O4. The third-order valence-corrected chi connectivity index (χ3v) is 9.16. The second-order valence-corrected chi connectivity index (χ2v) is 10.8. The quantitative estimate of drug-likeness (QED) is 0.512.